The Morgan fingerprint density at radius 3 is 1.53 bits per heavy atom. The van der Waals surface area contributed by atoms with Gasteiger partial charge in [-0.05, 0) is 0 Å². The van der Waals surface area contributed by atoms with E-state index in [0.717, 1.165) is 0 Å². The molecule has 0 unspecified atom stereocenters. The molecule has 0 amide bonds. The van der Waals surface area contributed by atoms with Gasteiger partial charge < -0.3 is 9.47 Å². The minimum atomic E-state index is -2.97. The van der Waals surface area contributed by atoms with Crippen molar-refractivity contribution in [2.75, 3.05) is 13.2 Å². The second-order valence-corrected chi connectivity index (χ2v) is 3.12. The smallest absolute Gasteiger partial charge is 0.446 e. The molecule has 0 saturated heterocycles. The van der Waals surface area contributed by atoms with Crippen molar-refractivity contribution in [3.63, 3.8) is 0 Å². The molecule has 0 aliphatic carbocycles. The van der Waals surface area contributed by atoms with Crippen LogP contribution in [0.15, 0.2) is 25.3 Å². The second kappa shape index (κ2) is 6.83. The highest BCUT2D eigenvalue weighted by molar-refractivity contribution is 5.81. The van der Waals surface area contributed by atoms with Gasteiger partial charge in [-0.15, -0.1) is 0 Å². The number of nitrogens with zero attached hydrogens (tertiary/aromatic N) is 2. The Balaban J connectivity index is 5.08. The van der Waals surface area contributed by atoms with E-state index in [2.05, 4.69) is 22.6 Å². The van der Waals surface area contributed by atoms with Crippen LogP contribution in [-0.2, 0) is 19.1 Å². The number of carbonyl (C=O) groups excluding carboxylic acids is 2. The third kappa shape index (κ3) is 4.18. The summed E-state index contributed by atoms with van der Waals surface area (Å²) in [6.07, 6.45) is 1.36. The summed E-state index contributed by atoms with van der Waals surface area (Å²) in [5, 5.41) is 21.6. The average Bonchev–Trinajstić information content (AvgIpc) is 2.37. The van der Waals surface area contributed by atoms with E-state index in [4.69, 9.17) is 0 Å². The maximum atomic E-state index is 10.8. The summed E-state index contributed by atoms with van der Waals surface area (Å²) in [6.45, 7) is 3.64. The molecule has 0 saturated carbocycles. The lowest BCUT2D eigenvalue weighted by atomic mass is 10.2. The first-order valence-corrected chi connectivity index (χ1v) is 4.67. The molecule has 19 heavy (non-hydrogen) atoms. The fraction of sp³-hybridized carbons (Fsp3) is 0.333. The fourth-order valence-electron chi connectivity index (χ4n) is 0.810. The zero-order valence-corrected chi connectivity index (χ0v) is 9.64. The van der Waals surface area contributed by atoms with E-state index < -0.39 is 40.7 Å². The summed E-state index contributed by atoms with van der Waals surface area (Å²) in [5.41, 5.74) is -2.97. The highest BCUT2D eigenvalue weighted by Gasteiger charge is 2.59. The molecule has 0 fully saturated rings. The Morgan fingerprint density at radius 2 is 1.32 bits per heavy atom. The first-order valence-electron chi connectivity index (χ1n) is 4.67. The maximum Gasteiger partial charge on any atom is 0.523 e. The van der Waals surface area contributed by atoms with E-state index in [9.17, 15) is 29.8 Å². The summed E-state index contributed by atoms with van der Waals surface area (Å²) >= 11 is 0. The minimum absolute atomic E-state index is 0.681. The zero-order valence-electron chi connectivity index (χ0n) is 9.64. The van der Waals surface area contributed by atoms with Crippen LogP contribution in [0.1, 0.15) is 0 Å². The maximum absolute atomic E-state index is 10.8. The van der Waals surface area contributed by atoms with Gasteiger partial charge in [-0.3, -0.25) is 20.2 Å². The number of ether oxygens (including phenoxy) is 2. The van der Waals surface area contributed by atoms with Gasteiger partial charge in [-0.1, -0.05) is 13.2 Å². The first kappa shape index (κ1) is 16.2. The van der Waals surface area contributed by atoms with Crippen molar-refractivity contribution in [1.29, 1.82) is 0 Å². The van der Waals surface area contributed by atoms with Gasteiger partial charge in [0.1, 0.15) is 9.85 Å². The molecule has 0 atom stereocenters. The van der Waals surface area contributed by atoms with Gasteiger partial charge in [-0.25, -0.2) is 9.59 Å². The fourth-order valence-corrected chi connectivity index (χ4v) is 0.810. The van der Waals surface area contributed by atoms with Gasteiger partial charge in [0, 0.05) is 12.2 Å². The summed E-state index contributed by atoms with van der Waals surface area (Å²) < 4.78 is 8.58. The van der Waals surface area contributed by atoms with Crippen molar-refractivity contribution in [2.24, 2.45) is 0 Å². The third-order valence-electron chi connectivity index (χ3n) is 1.90. The van der Waals surface area contributed by atoms with Crippen LogP contribution >= 0.6 is 0 Å². The molecule has 0 radical (unpaired) electrons. The average molecular weight is 274 g/mol. The van der Waals surface area contributed by atoms with E-state index in [0.29, 0.717) is 12.2 Å². The summed E-state index contributed by atoms with van der Waals surface area (Å²) in [4.78, 5) is 40.6. The van der Waals surface area contributed by atoms with Gasteiger partial charge in [0.05, 0.1) is 0 Å². The second-order valence-electron chi connectivity index (χ2n) is 3.12. The van der Waals surface area contributed by atoms with E-state index in [1.54, 1.807) is 0 Å². The van der Waals surface area contributed by atoms with Crippen molar-refractivity contribution >= 4 is 11.9 Å². The van der Waals surface area contributed by atoms with Crippen LogP contribution in [-0.4, -0.2) is 40.7 Å². The number of nitro groups is 2. The van der Waals surface area contributed by atoms with Gasteiger partial charge in [-0.2, -0.15) is 0 Å². The molecular formula is C9H10N2O8. The Kier molecular flexibility index (Phi) is 5.83. The molecule has 10 heteroatoms. The van der Waals surface area contributed by atoms with Crippen molar-refractivity contribution in [1.82, 2.24) is 0 Å². The van der Waals surface area contributed by atoms with Crippen LogP contribution in [0.25, 0.3) is 0 Å². The quantitative estimate of drug-likeness (QED) is 0.193. The van der Waals surface area contributed by atoms with Crippen LogP contribution < -0.4 is 0 Å². The molecule has 0 aromatic carbocycles. The number of carbonyl (C=O) groups is 2. The predicted octanol–water partition coefficient (Wildman–Crippen LogP) is -0.305. The van der Waals surface area contributed by atoms with Gasteiger partial charge in [0.15, 0.2) is 0 Å². The van der Waals surface area contributed by atoms with Crippen LogP contribution in [0.4, 0.5) is 0 Å². The molecule has 0 spiro atoms. The highest BCUT2D eigenvalue weighted by atomic mass is 16.7. The van der Waals surface area contributed by atoms with E-state index in [1.165, 1.54) is 0 Å². The molecule has 0 rings (SSSR count). The largest absolute Gasteiger partial charge is 0.523 e. The van der Waals surface area contributed by atoms with E-state index in [1.807, 2.05) is 0 Å². The molecule has 104 valence electrons. The Bertz CT molecular complexity index is 390. The Hall–Kier alpha value is -2.78. The topological polar surface area (TPSA) is 139 Å². The minimum Gasteiger partial charge on any atom is -0.446 e. The van der Waals surface area contributed by atoms with Gasteiger partial charge in [0.2, 0.25) is 13.2 Å². The lowest BCUT2D eigenvalue weighted by Crippen LogP contribution is -2.54. The zero-order chi connectivity index (χ0) is 15.1. The Morgan fingerprint density at radius 1 is 1.00 bits per heavy atom. The molecule has 10 nitrogen and oxygen atoms in total. The van der Waals surface area contributed by atoms with Gasteiger partial charge >= 0.3 is 17.6 Å². The monoisotopic (exact) mass is 274 g/mol. The first-order chi connectivity index (χ1) is 8.80. The normalized spacial score (nSPS) is 10.1. The summed E-state index contributed by atoms with van der Waals surface area (Å²) in [7, 11) is 0. The summed E-state index contributed by atoms with van der Waals surface area (Å²) in [5.74, 6) is -2.16. The van der Waals surface area contributed by atoms with Crippen molar-refractivity contribution in [2.45, 2.75) is 5.66 Å². The highest BCUT2D eigenvalue weighted by Crippen LogP contribution is 2.13. The SMILES string of the molecule is C=CC(=O)OCC(COC(=O)C=C)([N+](=O)[O-])[N+](=O)[O-]. The number of rotatable bonds is 8. The van der Waals surface area contributed by atoms with Crippen LogP contribution in [0, 0.1) is 20.2 Å². The van der Waals surface area contributed by atoms with Crippen LogP contribution in [0.3, 0.4) is 0 Å². The molecule has 0 aromatic rings. The van der Waals surface area contributed by atoms with Crippen LogP contribution in [0.5, 0.6) is 0 Å². The summed E-state index contributed by atoms with van der Waals surface area (Å²) in [6, 6.07) is 0. The lowest BCUT2D eigenvalue weighted by Gasteiger charge is -2.16. The van der Waals surface area contributed by atoms with Crippen LogP contribution in [0.2, 0.25) is 0 Å². The molecule has 0 aromatic heterocycles. The molecule has 0 aliphatic rings. The molecule has 0 bridgehead atoms. The standard InChI is InChI=1S/C9H10N2O8/c1-3-7(12)18-5-9(10(14)15,11(16)17)6-19-8(13)4-2/h3-4H,1-2,5-6H2. The molecule has 0 heterocycles. The number of hydrogen-bond acceptors (Lipinski definition) is 8. The number of esters is 2. The van der Waals surface area contributed by atoms with E-state index >= 15 is 0 Å². The third-order valence-corrected chi connectivity index (χ3v) is 1.90. The lowest BCUT2D eigenvalue weighted by molar-refractivity contribution is -0.799. The number of hydrogen-bond donors (Lipinski definition) is 0. The van der Waals surface area contributed by atoms with Crippen molar-refractivity contribution in [3.8, 4) is 0 Å². The Labute approximate surface area is 106 Å². The molecular weight excluding hydrogens is 264 g/mol. The molecule has 0 aliphatic heterocycles. The van der Waals surface area contributed by atoms with E-state index in [-0.39, 0.29) is 0 Å². The predicted molar refractivity (Wildman–Crippen MR) is 59.0 cm³/mol. The van der Waals surface area contributed by atoms with Crippen molar-refractivity contribution in [3.05, 3.63) is 45.5 Å². The molecule has 0 N–H and O–H groups in total. The van der Waals surface area contributed by atoms with Crippen molar-refractivity contribution < 1.29 is 28.9 Å². The van der Waals surface area contributed by atoms with Gasteiger partial charge in [0.25, 0.3) is 0 Å².